The molecule has 0 heterocycles. The van der Waals surface area contributed by atoms with Crippen LogP contribution in [0, 0.1) is 23.7 Å². The summed E-state index contributed by atoms with van der Waals surface area (Å²) in [5.41, 5.74) is 24.8. The van der Waals surface area contributed by atoms with Crippen LogP contribution in [0.4, 0.5) is 0 Å². The molecule has 0 amide bonds. The summed E-state index contributed by atoms with van der Waals surface area (Å²) in [6.07, 6.45) is 44.0. The largest absolute Gasteiger partial charge is 0.112 e. The second kappa shape index (κ2) is 13.0. The Hall–Kier alpha value is -6.46. The topological polar surface area (TPSA) is 0 Å². The predicted octanol–water partition coefficient (Wildman–Crippen LogP) is 15.3. The third-order valence-electron chi connectivity index (χ3n) is 14.7. The van der Waals surface area contributed by atoms with Gasteiger partial charge in [0.25, 0.3) is 0 Å². The van der Waals surface area contributed by atoms with Crippen LogP contribution >= 0.6 is 0 Å². The van der Waals surface area contributed by atoms with Crippen molar-refractivity contribution in [2.75, 3.05) is 0 Å². The molecule has 0 saturated heterocycles. The molecule has 13 rings (SSSR count). The highest BCUT2D eigenvalue weighted by atomic mass is 14.5. The lowest BCUT2D eigenvalue weighted by molar-refractivity contribution is 0.431. The maximum atomic E-state index is 3.75. The minimum atomic E-state index is 0.318. The average molecular weight is 753 g/mol. The molecule has 0 heteroatoms. The van der Waals surface area contributed by atoms with Crippen LogP contribution in [0.25, 0.3) is 66.1 Å². The average Bonchev–Trinajstić information content (AvgIpc) is 4.04. The summed E-state index contributed by atoms with van der Waals surface area (Å²) in [5.74, 6) is 2.06. The van der Waals surface area contributed by atoms with E-state index in [0.29, 0.717) is 29.6 Å². The summed E-state index contributed by atoms with van der Waals surface area (Å²) in [6.45, 7) is 0. The van der Waals surface area contributed by atoms with Crippen LogP contribution in [-0.2, 0) is 0 Å². The molecule has 0 aliphatic heterocycles. The van der Waals surface area contributed by atoms with E-state index in [-0.39, 0.29) is 0 Å². The van der Waals surface area contributed by atoms with Gasteiger partial charge in [0.1, 0.15) is 0 Å². The molecule has 8 aliphatic carbocycles. The van der Waals surface area contributed by atoms with Gasteiger partial charge in [-0.2, -0.15) is 0 Å². The predicted molar refractivity (Wildman–Crippen MR) is 249 cm³/mol. The summed E-state index contributed by atoms with van der Waals surface area (Å²) in [4.78, 5) is 0. The number of benzene rings is 5. The first-order chi connectivity index (χ1) is 29.3. The molecule has 280 valence electrons. The van der Waals surface area contributed by atoms with Crippen molar-refractivity contribution in [3.05, 3.63) is 221 Å². The summed E-state index contributed by atoms with van der Waals surface area (Å²) in [6, 6.07) is 30.0. The van der Waals surface area contributed by atoms with E-state index in [2.05, 4.69) is 182 Å². The summed E-state index contributed by atoms with van der Waals surface area (Å²) < 4.78 is 0. The van der Waals surface area contributed by atoms with E-state index in [1.54, 1.807) is 0 Å². The van der Waals surface area contributed by atoms with E-state index in [4.69, 9.17) is 0 Å². The van der Waals surface area contributed by atoms with Crippen molar-refractivity contribution in [1.29, 1.82) is 0 Å². The molecule has 5 unspecified atom stereocenters. The Morgan fingerprint density at radius 1 is 0.593 bits per heavy atom. The lowest BCUT2D eigenvalue weighted by Crippen LogP contribution is -2.26. The Morgan fingerprint density at radius 3 is 2.29 bits per heavy atom. The highest BCUT2D eigenvalue weighted by molar-refractivity contribution is 6.28. The van der Waals surface area contributed by atoms with Gasteiger partial charge >= 0.3 is 0 Å². The standard InChI is InChI=1S/C59H44/c1-4-16-36(17-5-1)40-32-41(37-18-6-2-7-19-37)34-42(33-40)43-30-31-50-55-46(43)26-14-29-49(55)59-54(39-20-8-3-9-21-39)57-48-28-15-27-47-44-24-12-13-25-45(44)51(56(47)48)35-52(57)53(58(50)59)38-22-10-11-23-38/h1,3-6,8-16,18-22,24-28,30-32,34-36,40,46,49,55H,2,7,17,29,33H2. The molecule has 0 saturated carbocycles. The zero-order valence-corrected chi connectivity index (χ0v) is 33.2. The van der Waals surface area contributed by atoms with Gasteiger partial charge in [-0.1, -0.05) is 158 Å². The highest BCUT2D eigenvalue weighted by Crippen LogP contribution is 2.64. The fraction of sp³-hybridized carbons (Fsp3) is 0.169. The first-order valence-electron chi connectivity index (χ1n) is 21.9. The Labute approximate surface area is 347 Å². The van der Waals surface area contributed by atoms with Crippen LogP contribution in [0.5, 0.6) is 0 Å². The quantitative estimate of drug-likeness (QED) is 0.0935. The van der Waals surface area contributed by atoms with E-state index in [0.717, 1.165) is 32.1 Å². The van der Waals surface area contributed by atoms with Crippen LogP contribution in [-0.4, -0.2) is 0 Å². The zero-order valence-electron chi connectivity index (χ0n) is 33.2. The van der Waals surface area contributed by atoms with E-state index in [1.807, 2.05) is 0 Å². The molecular formula is C59H44. The minimum Gasteiger partial charge on any atom is -0.112 e. The number of hydrogen-bond donors (Lipinski definition) is 0. The third-order valence-corrected chi connectivity index (χ3v) is 14.7. The van der Waals surface area contributed by atoms with Gasteiger partial charge in [0.15, 0.2) is 0 Å². The van der Waals surface area contributed by atoms with E-state index in [1.165, 1.54) is 105 Å². The van der Waals surface area contributed by atoms with Gasteiger partial charge in [0, 0.05) is 23.0 Å². The number of allylic oxidation sites excluding steroid dienone is 21. The van der Waals surface area contributed by atoms with Gasteiger partial charge in [-0.15, -0.1) is 5.73 Å². The van der Waals surface area contributed by atoms with Crippen molar-refractivity contribution < 1.29 is 0 Å². The van der Waals surface area contributed by atoms with Crippen LogP contribution in [0.3, 0.4) is 0 Å². The number of rotatable bonds is 5. The molecule has 59 heavy (non-hydrogen) atoms. The van der Waals surface area contributed by atoms with Gasteiger partial charge in [-0.25, -0.2) is 0 Å². The van der Waals surface area contributed by atoms with Crippen LogP contribution in [0.2, 0.25) is 0 Å². The molecule has 5 atom stereocenters. The maximum absolute atomic E-state index is 3.75. The fourth-order valence-electron chi connectivity index (χ4n) is 12.3. The van der Waals surface area contributed by atoms with E-state index in [9.17, 15) is 0 Å². The molecule has 8 aliphatic rings. The molecule has 0 radical (unpaired) electrons. The smallest absolute Gasteiger partial charge is 0.0249 e. The van der Waals surface area contributed by atoms with Crippen molar-refractivity contribution in [2.24, 2.45) is 23.7 Å². The van der Waals surface area contributed by atoms with E-state index >= 15 is 0 Å². The van der Waals surface area contributed by atoms with Crippen LogP contribution in [0.15, 0.2) is 204 Å². The summed E-state index contributed by atoms with van der Waals surface area (Å²) in [5, 5.41) is 5.49. The highest BCUT2D eigenvalue weighted by Gasteiger charge is 2.48. The molecule has 0 aromatic heterocycles. The Kier molecular flexibility index (Phi) is 7.40. The van der Waals surface area contributed by atoms with Crippen molar-refractivity contribution >= 4 is 32.7 Å². The number of hydrogen-bond acceptors (Lipinski definition) is 0. The SMILES string of the molecule is C1=CC=CC=1c1c2c(c(-c3ccccc3)c3c1cc1c4c(cccc43)-c3ccccc3-1)C1CC=CC3C(C4=CC(C5=CCCC=C5)=CC(C5C=CC=CC5)C4)=CC=C2C31. The Balaban J connectivity index is 1.08. The zero-order chi connectivity index (χ0) is 38.6. The van der Waals surface area contributed by atoms with Crippen LogP contribution in [0.1, 0.15) is 54.7 Å². The molecule has 0 bridgehead atoms. The summed E-state index contributed by atoms with van der Waals surface area (Å²) in [7, 11) is 0. The van der Waals surface area contributed by atoms with Gasteiger partial charge in [-0.05, 0) is 162 Å². The Morgan fingerprint density at radius 2 is 1.46 bits per heavy atom. The minimum absolute atomic E-state index is 0.318. The third kappa shape index (κ3) is 4.91. The molecule has 5 aromatic rings. The molecule has 0 N–H and O–H groups in total. The van der Waals surface area contributed by atoms with Crippen molar-refractivity contribution in [3.63, 3.8) is 0 Å². The van der Waals surface area contributed by atoms with E-state index < -0.39 is 0 Å². The maximum Gasteiger partial charge on any atom is 0.0249 e. The molecule has 0 spiro atoms. The first-order valence-corrected chi connectivity index (χ1v) is 21.9. The first kappa shape index (κ1) is 33.5. The second-order valence-electron chi connectivity index (χ2n) is 17.7. The fourth-order valence-corrected chi connectivity index (χ4v) is 12.3. The van der Waals surface area contributed by atoms with Crippen molar-refractivity contribution in [2.45, 2.75) is 38.0 Å². The van der Waals surface area contributed by atoms with Gasteiger partial charge in [0.2, 0.25) is 0 Å². The molecule has 0 fully saturated rings. The lowest BCUT2D eigenvalue weighted by Gasteiger charge is -2.38. The normalized spacial score (nSPS) is 25.1. The lowest BCUT2D eigenvalue weighted by atomic mass is 9.65. The monoisotopic (exact) mass is 752 g/mol. The van der Waals surface area contributed by atoms with Crippen LogP contribution < -0.4 is 0 Å². The Bertz CT molecular complexity index is 3110. The molecule has 5 aromatic carbocycles. The van der Waals surface area contributed by atoms with Crippen molar-refractivity contribution in [3.8, 4) is 33.4 Å². The molecule has 0 nitrogen and oxygen atoms in total. The second-order valence-corrected chi connectivity index (χ2v) is 17.7. The van der Waals surface area contributed by atoms with Gasteiger partial charge in [-0.3, -0.25) is 0 Å². The van der Waals surface area contributed by atoms with Gasteiger partial charge in [0.05, 0.1) is 0 Å². The molecular weight excluding hydrogens is 709 g/mol. The van der Waals surface area contributed by atoms with Gasteiger partial charge < -0.3 is 0 Å². The number of fused-ring (bicyclic) bond motifs is 8. The van der Waals surface area contributed by atoms with Crippen molar-refractivity contribution in [1.82, 2.24) is 0 Å². The summed E-state index contributed by atoms with van der Waals surface area (Å²) >= 11 is 0.